The maximum absolute atomic E-state index is 13.4. The molecule has 31 heavy (non-hydrogen) atoms. The summed E-state index contributed by atoms with van der Waals surface area (Å²) in [4.78, 5) is 32.5. The number of rotatable bonds is 6. The number of imidazole rings is 1. The predicted octanol–water partition coefficient (Wildman–Crippen LogP) is 4.20. The highest BCUT2D eigenvalue weighted by Crippen LogP contribution is 2.36. The van der Waals surface area contributed by atoms with Crippen molar-refractivity contribution >= 4 is 34.5 Å². The van der Waals surface area contributed by atoms with Crippen LogP contribution in [0.1, 0.15) is 18.0 Å². The zero-order valence-corrected chi connectivity index (χ0v) is 16.9. The Hall–Kier alpha value is -3.93. The minimum absolute atomic E-state index is 0.0585. The molecule has 2 heterocycles. The number of amides is 2. The van der Waals surface area contributed by atoms with Crippen LogP contribution in [-0.4, -0.2) is 27.9 Å². The van der Waals surface area contributed by atoms with Crippen LogP contribution in [0.4, 0.5) is 11.6 Å². The molecule has 4 aromatic rings. The second kappa shape index (κ2) is 8.07. The van der Waals surface area contributed by atoms with Crippen molar-refractivity contribution in [2.45, 2.75) is 18.9 Å². The first-order valence-electron chi connectivity index (χ1n) is 10.4. The molecule has 1 aliphatic rings. The fraction of sp³-hybridized carbons (Fsp3) is 0.160. The molecule has 0 aliphatic carbocycles. The van der Waals surface area contributed by atoms with Crippen LogP contribution >= 0.6 is 0 Å². The predicted molar refractivity (Wildman–Crippen MR) is 121 cm³/mol. The number of anilines is 2. The molecule has 1 aromatic heterocycles. The molecule has 1 aliphatic heterocycles. The Morgan fingerprint density at radius 1 is 0.903 bits per heavy atom. The smallest absolute Gasteiger partial charge is 0.253 e. The van der Waals surface area contributed by atoms with E-state index in [2.05, 4.69) is 5.32 Å². The number of benzene rings is 3. The number of nitrogens with zero attached hydrogens (tertiary/aromatic N) is 3. The van der Waals surface area contributed by atoms with Crippen molar-refractivity contribution in [3.8, 4) is 0 Å². The van der Waals surface area contributed by atoms with Crippen molar-refractivity contribution in [2.24, 2.45) is 0 Å². The summed E-state index contributed by atoms with van der Waals surface area (Å²) >= 11 is 0. The van der Waals surface area contributed by atoms with Gasteiger partial charge in [0.2, 0.25) is 11.9 Å². The first-order valence-corrected chi connectivity index (χ1v) is 10.4. The molecule has 1 N–H and O–H groups in total. The van der Waals surface area contributed by atoms with E-state index in [1.807, 2.05) is 89.5 Å². The van der Waals surface area contributed by atoms with Crippen LogP contribution in [0.2, 0.25) is 0 Å². The quantitative estimate of drug-likeness (QED) is 0.518. The third-order valence-electron chi connectivity index (χ3n) is 5.58. The first-order chi connectivity index (χ1) is 15.2. The summed E-state index contributed by atoms with van der Waals surface area (Å²) < 4.78 is 1.91. The van der Waals surface area contributed by atoms with Crippen LogP contribution in [0.15, 0.2) is 84.9 Å². The molecular weight excluding hydrogens is 388 g/mol. The monoisotopic (exact) mass is 410 g/mol. The Morgan fingerprint density at radius 2 is 1.58 bits per heavy atom. The second-order valence-corrected chi connectivity index (χ2v) is 7.63. The van der Waals surface area contributed by atoms with Gasteiger partial charge in [0.25, 0.3) is 5.91 Å². The number of hydrogen-bond acceptors (Lipinski definition) is 3. The minimum atomic E-state index is -0.609. The fourth-order valence-electron chi connectivity index (χ4n) is 4.10. The van der Waals surface area contributed by atoms with Gasteiger partial charge >= 0.3 is 0 Å². The molecule has 0 bridgehead atoms. The van der Waals surface area contributed by atoms with E-state index in [-0.39, 0.29) is 18.2 Å². The number of carbonyl (C=O) groups is 2. The second-order valence-electron chi connectivity index (χ2n) is 7.63. The van der Waals surface area contributed by atoms with E-state index in [0.717, 1.165) is 28.7 Å². The molecule has 5 rings (SSSR count). The lowest BCUT2D eigenvalue weighted by molar-refractivity contribution is -0.124. The molecule has 0 fully saturated rings. The third kappa shape index (κ3) is 3.68. The van der Waals surface area contributed by atoms with Crippen molar-refractivity contribution in [2.75, 3.05) is 16.8 Å². The van der Waals surface area contributed by atoms with Crippen molar-refractivity contribution in [1.29, 1.82) is 0 Å². The molecule has 6 nitrogen and oxygen atoms in total. The summed E-state index contributed by atoms with van der Waals surface area (Å²) in [5.74, 6) is 0.324. The van der Waals surface area contributed by atoms with Crippen molar-refractivity contribution < 1.29 is 9.59 Å². The van der Waals surface area contributed by atoms with Gasteiger partial charge in [0.1, 0.15) is 6.04 Å². The van der Waals surface area contributed by atoms with Crippen LogP contribution < -0.4 is 10.2 Å². The summed E-state index contributed by atoms with van der Waals surface area (Å²) in [6.45, 7) is 0.517. The van der Waals surface area contributed by atoms with Gasteiger partial charge in [-0.3, -0.25) is 19.1 Å². The van der Waals surface area contributed by atoms with Crippen molar-refractivity contribution in [3.63, 3.8) is 0 Å². The number of hydrogen-bond donors (Lipinski definition) is 1. The Bertz CT molecular complexity index is 1230. The summed E-state index contributed by atoms with van der Waals surface area (Å²) in [6, 6.07) is 26.5. The van der Waals surface area contributed by atoms with Crippen LogP contribution in [0.5, 0.6) is 0 Å². The lowest BCUT2D eigenvalue weighted by Gasteiger charge is -2.16. The molecule has 0 radical (unpaired) electrons. The normalized spacial score (nSPS) is 15.3. The van der Waals surface area contributed by atoms with Gasteiger partial charge in [-0.1, -0.05) is 60.7 Å². The molecule has 6 heteroatoms. The minimum Gasteiger partial charge on any atom is -0.326 e. The zero-order valence-electron chi connectivity index (χ0n) is 16.9. The largest absolute Gasteiger partial charge is 0.326 e. The van der Waals surface area contributed by atoms with Crippen molar-refractivity contribution in [1.82, 2.24) is 9.55 Å². The first kappa shape index (κ1) is 19.1. The Morgan fingerprint density at radius 3 is 2.35 bits per heavy atom. The Labute approximate surface area is 180 Å². The van der Waals surface area contributed by atoms with E-state index < -0.39 is 6.04 Å². The molecule has 0 saturated heterocycles. The number of carbonyl (C=O) groups excluding carboxylic acids is 2. The summed E-state index contributed by atoms with van der Waals surface area (Å²) in [7, 11) is 0. The van der Waals surface area contributed by atoms with E-state index in [1.54, 1.807) is 4.90 Å². The topological polar surface area (TPSA) is 67.2 Å². The molecule has 2 amide bonds. The average molecular weight is 410 g/mol. The fourth-order valence-corrected chi connectivity index (χ4v) is 4.10. The van der Waals surface area contributed by atoms with Gasteiger partial charge in [-0.15, -0.1) is 0 Å². The molecule has 3 aromatic carbocycles. The van der Waals surface area contributed by atoms with Gasteiger partial charge in [0, 0.05) is 12.2 Å². The van der Waals surface area contributed by atoms with Gasteiger partial charge < -0.3 is 5.32 Å². The molecule has 0 unspecified atom stereocenters. The number of para-hydroxylation sites is 3. The van der Waals surface area contributed by atoms with Gasteiger partial charge in [-0.05, 0) is 36.2 Å². The van der Waals surface area contributed by atoms with E-state index in [9.17, 15) is 9.59 Å². The Kier molecular flexibility index (Phi) is 4.96. The van der Waals surface area contributed by atoms with E-state index in [0.29, 0.717) is 12.5 Å². The maximum atomic E-state index is 13.4. The molecule has 154 valence electrons. The standard InChI is InChI=1S/C25H22N4O2/c30-23(26-19-11-5-2-6-12-19)17-22-24(31)28(16-15-18-9-3-1-4-10-18)25-27-20-13-7-8-14-21(20)29(22)25/h1-14,22H,15-17H2,(H,26,30)/t22-/m1/s1. The molecule has 0 spiro atoms. The van der Waals surface area contributed by atoms with Crippen molar-refractivity contribution in [3.05, 3.63) is 90.5 Å². The highest BCUT2D eigenvalue weighted by atomic mass is 16.2. The third-order valence-corrected chi connectivity index (χ3v) is 5.58. The molecule has 1 atom stereocenters. The average Bonchev–Trinajstić information content (AvgIpc) is 3.28. The lowest BCUT2D eigenvalue weighted by atomic mass is 10.1. The summed E-state index contributed by atoms with van der Waals surface area (Å²) in [5.41, 5.74) is 3.56. The van der Waals surface area contributed by atoms with Crippen LogP contribution in [0.25, 0.3) is 11.0 Å². The molecule has 0 saturated carbocycles. The summed E-state index contributed by atoms with van der Waals surface area (Å²) in [5, 5.41) is 2.89. The van der Waals surface area contributed by atoms with Gasteiger partial charge in [-0.2, -0.15) is 0 Å². The van der Waals surface area contributed by atoms with E-state index >= 15 is 0 Å². The van der Waals surface area contributed by atoms with Gasteiger partial charge in [0.15, 0.2) is 0 Å². The summed E-state index contributed by atoms with van der Waals surface area (Å²) in [6.07, 6.45) is 0.779. The highest BCUT2D eigenvalue weighted by molar-refractivity contribution is 6.05. The molecular formula is C25H22N4O2. The van der Waals surface area contributed by atoms with Crippen LogP contribution in [0, 0.1) is 0 Å². The maximum Gasteiger partial charge on any atom is 0.253 e. The number of aromatic nitrogens is 2. The van der Waals surface area contributed by atoms with Crippen LogP contribution in [0.3, 0.4) is 0 Å². The highest BCUT2D eigenvalue weighted by Gasteiger charge is 2.40. The van der Waals surface area contributed by atoms with Crippen LogP contribution in [-0.2, 0) is 16.0 Å². The SMILES string of the molecule is O=C(C[C@@H]1C(=O)N(CCc2ccccc2)c2nc3ccccc3n21)Nc1ccccc1. The number of nitrogens with one attached hydrogen (secondary N) is 1. The van der Waals surface area contributed by atoms with Gasteiger partial charge in [-0.25, -0.2) is 4.98 Å². The van der Waals surface area contributed by atoms with E-state index in [4.69, 9.17) is 4.98 Å². The number of fused-ring (bicyclic) bond motifs is 3. The lowest BCUT2D eigenvalue weighted by Crippen LogP contribution is -2.33. The van der Waals surface area contributed by atoms with E-state index in [1.165, 1.54) is 0 Å². The van der Waals surface area contributed by atoms with Gasteiger partial charge in [0.05, 0.1) is 17.5 Å². The zero-order chi connectivity index (χ0) is 21.2. The Balaban J connectivity index is 1.43.